The normalized spacial score (nSPS) is 22.7. The van der Waals surface area contributed by atoms with Crippen LogP contribution in [0.1, 0.15) is 53.1 Å². The molecular weight excluding hydrogens is 587 g/mol. The molecule has 4 aliphatic heterocycles. The van der Waals surface area contributed by atoms with Gasteiger partial charge in [0.15, 0.2) is 0 Å². The van der Waals surface area contributed by atoms with Crippen LogP contribution in [0.2, 0.25) is 5.02 Å². The molecule has 0 spiro atoms. The highest BCUT2D eigenvalue weighted by molar-refractivity contribution is 7.89. The summed E-state index contributed by atoms with van der Waals surface area (Å²) < 4.78 is 43.4. The lowest BCUT2D eigenvalue weighted by atomic mass is 9.90. The number of hydrogen-bond acceptors (Lipinski definition) is 5. The van der Waals surface area contributed by atoms with Crippen LogP contribution < -0.4 is 9.80 Å². The topological polar surface area (TPSA) is 64.2 Å². The summed E-state index contributed by atoms with van der Waals surface area (Å²) in [6, 6.07) is 18.1. The van der Waals surface area contributed by atoms with Gasteiger partial charge >= 0.3 is 0 Å². The number of benzene rings is 3. The zero-order valence-electron chi connectivity index (χ0n) is 24.3. The van der Waals surface area contributed by atoms with Gasteiger partial charge in [0.1, 0.15) is 5.82 Å². The Kier molecular flexibility index (Phi) is 7.38. The van der Waals surface area contributed by atoms with Crippen molar-refractivity contribution in [3.8, 4) is 0 Å². The molecule has 226 valence electrons. The quantitative estimate of drug-likeness (QED) is 0.374. The third-order valence-electron chi connectivity index (χ3n) is 9.81. The Morgan fingerprint density at radius 2 is 1.60 bits per heavy atom. The van der Waals surface area contributed by atoms with Crippen LogP contribution in [0.5, 0.6) is 0 Å². The minimum Gasteiger partial charge on any atom is -0.372 e. The first-order valence-electron chi connectivity index (χ1n) is 15.2. The summed E-state index contributed by atoms with van der Waals surface area (Å²) in [5.41, 5.74) is 4.70. The summed E-state index contributed by atoms with van der Waals surface area (Å²) in [4.78, 5) is 20.2. The van der Waals surface area contributed by atoms with Gasteiger partial charge in [0.2, 0.25) is 10.0 Å². The number of carbonyl (C=O) groups excluding carboxylic acids is 1. The number of carbonyl (C=O) groups is 1. The van der Waals surface area contributed by atoms with E-state index in [0.717, 1.165) is 55.6 Å². The smallest absolute Gasteiger partial charge is 0.255 e. The second-order valence-electron chi connectivity index (χ2n) is 12.3. The number of halogens is 2. The minimum absolute atomic E-state index is 0.0552. The monoisotopic (exact) mass is 622 g/mol. The van der Waals surface area contributed by atoms with Crippen LogP contribution in [0.25, 0.3) is 0 Å². The zero-order valence-corrected chi connectivity index (χ0v) is 25.8. The SMILES string of the molecule is CN1CCc2cc(S(=O)(=O)N3CCC(c4ccccc4)CC3)cc(N3C4CCC3CN(C(=O)c3ccc(F)cc3Cl)C4)c21. The van der Waals surface area contributed by atoms with Gasteiger partial charge in [-0.15, -0.1) is 0 Å². The number of piperazine rings is 1. The molecule has 1 amide bonds. The molecule has 2 bridgehead atoms. The molecule has 7 rings (SSSR count). The first-order chi connectivity index (χ1) is 20.7. The van der Waals surface area contributed by atoms with Crippen molar-refractivity contribution in [3.05, 3.63) is 88.2 Å². The molecule has 3 saturated heterocycles. The van der Waals surface area contributed by atoms with Crippen LogP contribution in [0.3, 0.4) is 0 Å². The van der Waals surface area contributed by atoms with E-state index in [1.807, 2.05) is 35.2 Å². The summed E-state index contributed by atoms with van der Waals surface area (Å²) in [5, 5.41) is 0.116. The lowest BCUT2D eigenvalue weighted by Gasteiger charge is -2.44. The van der Waals surface area contributed by atoms with Crippen molar-refractivity contribution in [2.45, 2.75) is 55.0 Å². The van der Waals surface area contributed by atoms with Gasteiger partial charge in [-0.25, -0.2) is 12.8 Å². The molecule has 0 aromatic heterocycles. The molecule has 3 fully saturated rings. The number of likely N-dealkylation sites (N-methyl/N-ethyl adjacent to an activating group) is 1. The fourth-order valence-electron chi connectivity index (χ4n) is 7.63. The van der Waals surface area contributed by atoms with Crippen molar-refractivity contribution in [3.63, 3.8) is 0 Å². The third-order valence-corrected chi connectivity index (χ3v) is 12.0. The average Bonchev–Trinajstić information content (AvgIpc) is 3.52. The lowest BCUT2D eigenvalue weighted by molar-refractivity contribution is 0.0718. The number of rotatable bonds is 5. The van der Waals surface area contributed by atoms with Gasteiger partial charge in [-0.3, -0.25) is 4.79 Å². The molecule has 0 radical (unpaired) electrons. The number of sulfonamides is 1. The van der Waals surface area contributed by atoms with E-state index in [0.29, 0.717) is 42.6 Å². The van der Waals surface area contributed by atoms with Crippen molar-refractivity contribution in [1.82, 2.24) is 9.21 Å². The summed E-state index contributed by atoms with van der Waals surface area (Å²) in [6.45, 7) is 2.86. The van der Waals surface area contributed by atoms with Crippen LogP contribution in [0, 0.1) is 5.82 Å². The summed E-state index contributed by atoms with van der Waals surface area (Å²) in [5.74, 6) is -0.296. The maximum atomic E-state index is 14.1. The van der Waals surface area contributed by atoms with E-state index in [9.17, 15) is 17.6 Å². The summed E-state index contributed by atoms with van der Waals surface area (Å²) in [6.07, 6.45) is 4.24. The number of likely N-dealkylation sites (tertiary alicyclic amines) is 1. The molecule has 3 aromatic rings. The highest BCUT2D eigenvalue weighted by atomic mass is 35.5. The molecule has 7 nitrogen and oxygen atoms in total. The third kappa shape index (κ3) is 5.09. The molecule has 4 aliphatic rings. The molecule has 0 N–H and O–H groups in total. The van der Waals surface area contributed by atoms with Gasteiger partial charge in [-0.2, -0.15) is 4.31 Å². The molecule has 2 unspecified atom stereocenters. The molecule has 0 saturated carbocycles. The number of nitrogens with zero attached hydrogens (tertiary/aromatic N) is 4. The van der Waals surface area contributed by atoms with E-state index in [2.05, 4.69) is 29.0 Å². The Morgan fingerprint density at radius 3 is 2.28 bits per heavy atom. The van der Waals surface area contributed by atoms with Crippen molar-refractivity contribution in [2.24, 2.45) is 0 Å². The average molecular weight is 623 g/mol. The van der Waals surface area contributed by atoms with E-state index in [1.54, 1.807) is 4.31 Å². The fourth-order valence-corrected chi connectivity index (χ4v) is 9.41. The Bertz CT molecular complexity index is 1650. The molecule has 3 aromatic carbocycles. The van der Waals surface area contributed by atoms with E-state index in [4.69, 9.17) is 11.6 Å². The standard InChI is InChI=1S/C33H36ClFN4O3S/c1-36-14-11-24-17-28(43(41,42)38-15-12-23(13-16-38)22-5-3-2-4-6-22)19-31(32(24)36)39-26-8-9-27(39)21-37(20-26)33(40)29-10-7-25(35)18-30(29)34/h2-7,10,17-19,23,26-27H,8-9,11-16,20-21H2,1H3. The largest absolute Gasteiger partial charge is 0.372 e. The van der Waals surface area contributed by atoms with E-state index < -0.39 is 15.8 Å². The number of fused-ring (bicyclic) bond motifs is 3. The summed E-state index contributed by atoms with van der Waals surface area (Å²) in [7, 11) is -1.61. The highest BCUT2D eigenvalue weighted by Gasteiger charge is 2.44. The van der Waals surface area contributed by atoms with Gasteiger partial charge in [-0.1, -0.05) is 41.9 Å². The van der Waals surface area contributed by atoms with Crippen molar-refractivity contribution in [1.29, 1.82) is 0 Å². The first-order valence-corrected chi connectivity index (χ1v) is 17.0. The lowest BCUT2D eigenvalue weighted by Crippen LogP contribution is -2.55. The Balaban J connectivity index is 1.16. The van der Waals surface area contributed by atoms with Crippen molar-refractivity contribution in [2.75, 3.05) is 49.6 Å². The molecule has 43 heavy (non-hydrogen) atoms. The van der Waals surface area contributed by atoms with Crippen LogP contribution >= 0.6 is 11.6 Å². The van der Waals surface area contributed by atoms with Gasteiger partial charge in [0.25, 0.3) is 5.91 Å². The number of anilines is 2. The van der Waals surface area contributed by atoms with Crippen LogP contribution in [0.4, 0.5) is 15.8 Å². The maximum Gasteiger partial charge on any atom is 0.255 e. The van der Waals surface area contributed by atoms with Crippen LogP contribution in [-0.2, 0) is 16.4 Å². The van der Waals surface area contributed by atoms with Crippen molar-refractivity contribution >= 4 is 38.9 Å². The Hall–Kier alpha value is -3.14. The van der Waals surface area contributed by atoms with Gasteiger partial charge in [-0.05, 0) is 79.5 Å². The zero-order chi connectivity index (χ0) is 29.9. The van der Waals surface area contributed by atoms with E-state index in [-0.39, 0.29) is 23.0 Å². The molecule has 2 atom stereocenters. The maximum absolute atomic E-state index is 14.1. The predicted molar refractivity (Wildman–Crippen MR) is 167 cm³/mol. The number of amides is 1. The van der Waals surface area contributed by atoms with E-state index >= 15 is 0 Å². The van der Waals surface area contributed by atoms with Gasteiger partial charge in [0, 0.05) is 51.9 Å². The Morgan fingerprint density at radius 1 is 0.907 bits per heavy atom. The highest BCUT2D eigenvalue weighted by Crippen LogP contribution is 2.46. The second kappa shape index (κ2) is 11.1. The van der Waals surface area contributed by atoms with Gasteiger partial charge in [0.05, 0.1) is 26.9 Å². The summed E-state index contributed by atoms with van der Waals surface area (Å²) >= 11 is 6.24. The number of piperidine rings is 1. The second-order valence-corrected chi connectivity index (χ2v) is 14.7. The molecule has 4 heterocycles. The van der Waals surface area contributed by atoms with Crippen LogP contribution in [0.15, 0.2) is 65.6 Å². The molecule has 10 heteroatoms. The fraction of sp³-hybridized carbons (Fsp3) is 0.424. The van der Waals surface area contributed by atoms with Crippen molar-refractivity contribution < 1.29 is 17.6 Å². The van der Waals surface area contributed by atoms with Crippen LogP contribution in [-0.4, -0.2) is 75.4 Å². The molecular formula is C33H36ClFN4O3S. The first kappa shape index (κ1) is 28.6. The van der Waals surface area contributed by atoms with Gasteiger partial charge < -0.3 is 14.7 Å². The minimum atomic E-state index is -3.67. The molecule has 0 aliphatic carbocycles. The predicted octanol–water partition coefficient (Wildman–Crippen LogP) is 5.53. The number of hydrogen-bond donors (Lipinski definition) is 0. The van der Waals surface area contributed by atoms with E-state index in [1.165, 1.54) is 23.8 Å². The Labute approximate surface area is 257 Å².